The van der Waals surface area contributed by atoms with Crippen LogP contribution in [0.3, 0.4) is 0 Å². The summed E-state index contributed by atoms with van der Waals surface area (Å²) in [6, 6.07) is 32.1. The van der Waals surface area contributed by atoms with E-state index in [-0.39, 0.29) is 0 Å². The van der Waals surface area contributed by atoms with E-state index in [0.717, 1.165) is 16.2 Å². The van der Waals surface area contributed by atoms with E-state index in [1.54, 1.807) is 0 Å². The molecule has 0 bridgehead atoms. The van der Waals surface area contributed by atoms with Gasteiger partial charge in [-0.2, -0.15) is 0 Å². The maximum atomic E-state index is 6.46. The van der Waals surface area contributed by atoms with Gasteiger partial charge in [0.1, 0.15) is 5.65 Å². The van der Waals surface area contributed by atoms with Crippen LogP contribution in [0.15, 0.2) is 101 Å². The van der Waals surface area contributed by atoms with E-state index >= 15 is 0 Å². The molecule has 2 aromatic heterocycles. The molecule has 2 nitrogen and oxygen atoms in total. The molecular weight excluding hydrogens is 408 g/mol. The highest BCUT2D eigenvalue weighted by atomic mass is 35.5. The number of para-hydroxylation sites is 3. The van der Waals surface area contributed by atoms with Crippen molar-refractivity contribution in [3.05, 3.63) is 96.0 Å². The molecule has 0 spiro atoms. The fraction of sp³-hybridized carbons (Fsp3) is 0. The van der Waals surface area contributed by atoms with Crippen LogP contribution < -0.4 is 0 Å². The molecule has 0 radical (unpaired) electrons. The predicted octanol–water partition coefficient (Wildman–Crippen LogP) is 7.85. The molecule has 30 heavy (non-hydrogen) atoms. The molecule has 4 heteroatoms. The van der Waals surface area contributed by atoms with Crippen LogP contribution in [0.2, 0.25) is 5.02 Å². The van der Waals surface area contributed by atoms with Crippen molar-refractivity contribution >= 4 is 56.2 Å². The molecule has 0 fully saturated rings. The smallest absolute Gasteiger partial charge is 0.131 e. The third-order valence-electron chi connectivity index (χ3n) is 5.95. The summed E-state index contributed by atoms with van der Waals surface area (Å²) in [6.45, 7) is 0. The van der Waals surface area contributed by atoms with Crippen LogP contribution in [0.4, 0.5) is 0 Å². The minimum Gasteiger partial charge on any atom is -0.295 e. The van der Waals surface area contributed by atoms with Crippen molar-refractivity contribution in [3.63, 3.8) is 0 Å². The van der Waals surface area contributed by atoms with Gasteiger partial charge in [-0.25, -0.2) is 0 Å². The van der Waals surface area contributed by atoms with Crippen molar-refractivity contribution < 1.29 is 0 Å². The Morgan fingerprint density at radius 1 is 0.667 bits per heavy atom. The van der Waals surface area contributed by atoms with Crippen molar-refractivity contribution in [2.45, 2.75) is 9.79 Å². The van der Waals surface area contributed by atoms with E-state index in [4.69, 9.17) is 11.6 Å². The zero-order valence-electron chi connectivity index (χ0n) is 15.8. The molecule has 0 aliphatic carbocycles. The van der Waals surface area contributed by atoms with Crippen molar-refractivity contribution in [2.75, 3.05) is 0 Å². The molecule has 1 aliphatic rings. The molecule has 142 valence electrons. The van der Waals surface area contributed by atoms with Gasteiger partial charge in [-0.3, -0.25) is 9.13 Å². The van der Waals surface area contributed by atoms with Crippen LogP contribution >= 0.6 is 23.4 Å². The lowest BCUT2D eigenvalue weighted by Gasteiger charge is -2.21. The molecule has 1 aliphatic heterocycles. The first-order valence-electron chi connectivity index (χ1n) is 9.91. The van der Waals surface area contributed by atoms with E-state index < -0.39 is 0 Å². The summed E-state index contributed by atoms with van der Waals surface area (Å²) in [5.74, 6) is 0. The van der Waals surface area contributed by atoms with Crippen LogP contribution in [-0.4, -0.2) is 9.13 Å². The van der Waals surface area contributed by atoms with Crippen molar-refractivity contribution in [2.24, 2.45) is 0 Å². The van der Waals surface area contributed by atoms with Crippen LogP contribution in [0.25, 0.3) is 44.2 Å². The van der Waals surface area contributed by atoms with E-state index in [2.05, 4.69) is 94.1 Å². The average molecular weight is 423 g/mol. The van der Waals surface area contributed by atoms with Gasteiger partial charge in [0.15, 0.2) is 0 Å². The first kappa shape index (κ1) is 16.6. The fourth-order valence-corrected chi connectivity index (χ4v) is 6.05. The monoisotopic (exact) mass is 422 g/mol. The highest BCUT2D eigenvalue weighted by Gasteiger charge is 2.27. The molecule has 4 aromatic carbocycles. The van der Waals surface area contributed by atoms with Gasteiger partial charge in [0.25, 0.3) is 0 Å². The number of halogens is 1. The van der Waals surface area contributed by atoms with Crippen molar-refractivity contribution in [1.82, 2.24) is 9.13 Å². The summed E-state index contributed by atoms with van der Waals surface area (Å²) >= 11 is 8.31. The zero-order valence-corrected chi connectivity index (χ0v) is 17.4. The maximum Gasteiger partial charge on any atom is 0.131 e. The quantitative estimate of drug-likeness (QED) is 0.262. The van der Waals surface area contributed by atoms with E-state index in [9.17, 15) is 0 Å². The van der Waals surface area contributed by atoms with Gasteiger partial charge in [0.05, 0.1) is 16.7 Å². The standard InChI is InChI=1S/C26H15ClN2S/c27-16-13-14-18-21(15-16)28(17-7-2-1-3-8-17)26-24(18)19-9-6-12-23-25(19)29(26)20-10-4-5-11-22(20)30-23/h1-15H. The molecule has 3 heterocycles. The molecule has 0 saturated carbocycles. The average Bonchev–Trinajstić information content (AvgIpc) is 3.28. The number of benzene rings is 4. The lowest BCUT2D eigenvalue weighted by molar-refractivity contribution is 1.03. The number of hydrogen-bond acceptors (Lipinski definition) is 1. The summed E-state index contributed by atoms with van der Waals surface area (Å²) in [7, 11) is 0. The van der Waals surface area contributed by atoms with Gasteiger partial charge >= 0.3 is 0 Å². The Morgan fingerprint density at radius 2 is 1.47 bits per heavy atom. The van der Waals surface area contributed by atoms with E-state index in [1.807, 2.05) is 17.8 Å². The summed E-state index contributed by atoms with van der Waals surface area (Å²) in [5.41, 5.74) is 5.97. The van der Waals surface area contributed by atoms with Crippen LogP contribution in [0.1, 0.15) is 0 Å². The Bertz CT molecular complexity index is 1630. The molecule has 7 rings (SSSR count). The molecule has 0 amide bonds. The Hall–Kier alpha value is -3.14. The third-order valence-corrected chi connectivity index (χ3v) is 7.30. The number of hydrogen-bond donors (Lipinski definition) is 0. The van der Waals surface area contributed by atoms with Crippen LogP contribution in [0, 0.1) is 0 Å². The molecule has 0 N–H and O–H groups in total. The minimum absolute atomic E-state index is 0.749. The fourth-order valence-electron chi connectivity index (χ4n) is 4.79. The number of fused-ring (bicyclic) bond motifs is 7. The largest absolute Gasteiger partial charge is 0.295 e. The van der Waals surface area contributed by atoms with Crippen LogP contribution in [0.5, 0.6) is 0 Å². The highest BCUT2D eigenvalue weighted by molar-refractivity contribution is 7.99. The highest BCUT2D eigenvalue weighted by Crippen LogP contribution is 2.49. The second kappa shape index (κ2) is 5.94. The first-order valence-corrected chi connectivity index (χ1v) is 11.1. The maximum absolute atomic E-state index is 6.46. The molecule has 0 saturated heterocycles. The summed E-state index contributed by atoms with van der Waals surface area (Å²) in [4.78, 5) is 2.57. The van der Waals surface area contributed by atoms with Gasteiger partial charge in [0, 0.05) is 36.7 Å². The molecule has 0 unspecified atom stereocenters. The SMILES string of the molecule is Clc1ccc2c3c4cccc5c4n(c3n(-c3ccccc3)c2c1)-c1ccccc1S5. The summed E-state index contributed by atoms with van der Waals surface area (Å²) in [6.07, 6.45) is 0. The second-order valence-corrected chi connectivity index (χ2v) is 9.11. The minimum atomic E-state index is 0.749. The van der Waals surface area contributed by atoms with E-state index in [0.29, 0.717) is 0 Å². The molecule has 0 atom stereocenters. The second-order valence-electron chi connectivity index (χ2n) is 7.59. The number of aromatic nitrogens is 2. The topological polar surface area (TPSA) is 9.86 Å². The third kappa shape index (κ3) is 2.06. The number of nitrogens with zero attached hydrogens (tertiary/aromatic N) is 2. The van der Waals surface area contributed by atoms with Gasteiger partial charge in [-0.1, -0.05) is 71.9 Å². The van der Waals surface area contributed by atoms with Crippen molar-refractivity contribution in [1.29, 1.82) is 0 Å². The Labute approximate surface area is 182 Å². The Morgan fingerprint density at radius 3 is 2.37 bits per heavy atom. The molecule has 6 aromatic rings. The Balaban J connectivity index is 1.81. The summed E-state index contributed by atoms with van der Waals surface area (Å²) < 4.78 is 4.79. The van der Waals surface area contributed by atoms with Crippen LogP contribution in [-0.2, 0) is 0 Å². The van der Waals surface area contributed by atoms with Gasteiger partial charge in [0.2, 0.25) is 0 Å². The lowest BCUT2D eigenvalue weighted by Crippen LogP contribution is -2.05. The predicted molar refractivity (Wildman–Crippen MR) is 127 cm³/mol. The summed E-state index contributed by atoms with van der Waals surface area (Å²) in [5, 5.41) is 4.54. The normalized spacial score (nSPS) is 12.7. The van der Waals surface area contributed by atoms with Gasteiger partial charge < -0.3 is 0 Å². The van der Waals surface area contributed by atoms with E-state index in [1.165, 1.54) is 42.8 Å². The van der Waals surface area contributed by atoms with Gasteiger partial charge in [-0.15, -0.1) is 0 Å². The first-order chi connectivity index (χ1) is 14.8. The number of rotatable bonds is 1. The molecular formula is C26H15ClN2S. The van der Waals surface area contributed by atoms with Crippen molar-refractivity contribution in [3.8, 4) is 11.4 Å². The van der Waals surface area contributed by atoms with Gasteiger partial charge in [-0.05, 0) is 42.5 Å². The lowest BCUT2D eigenvalue weighted by atomic mass is 10.1. The zero-order chi connectivity index (χ0) is 19.8. The Kier molecular flexibility index (Phi) is 3.30.